The smallest absolute Gasteiger partial charge is 0.261 e. The molecule has 0 radical (unpaired) electrons. The number of carbonyl (C=O) groups is 1. The summed E-state index contributed by atoms with van der Waals surface area (Å²) in [5.41, 5.74) is 1.48. The van der Waals surface area contributed by atoms with E-state index in [1.165, 1.54) is 6.42 Å². The number of hydrogen-bond donors (Lipinski definition) is 1. The van der Waals surface area contributed by atoms with E-state index in [9.17, 15) is 4.79 Å². The third-order valence-corrected chi connectivity index (χ3v) is 6.06. The Kier molecular flexibility index (Phi) is 4.78. The summed E-state index contributed by atoms with van der Waals surface area (Å²) in [5.74, 6) is 1.77. The molecule has 4 aliphatic rings. The van der Waals surface area contributed by atoms with Crippen molar-refractivity contribution in [2.75, 3.05) is 50.8 Å². The van der Waals surface area contributed by atoms with Gasteiger partial charge in [-0.1, -0.05) is 35.5 Å². The van der Waals surface area contributed by atoms with Crippen LogP contribution in [-0.2, 0) is 4.74 Å². The van der Waals surface area contributed by atoms with Crippen LogP contribution in [-0.4, -0.2) is 67.9 Å². The van der Waals surface area contributed by atoms with Gasteiger partial charge in [0, 0.05) is 37.8 Å². The first-order valence-electron chi connectivity index (χ1n) is 10.2. The van der Waals surface area contributed by atoms with E-state index in [0.717, 1.165) is 31.6 Å². The van der Waals surface area contributed by atoms with E-state index in [4.69, 9.17) is 9.26 Å². The second kappa shape index (κ2) is 7.56. The number of amides is 1. The van der Waals surface area contributed by atoms with E-state index in [0.29, 0.717) is 55.4 Å². The summed E-state index contributed by atoms with van der Waals surface area (Å²) in [6, 6.07) is 10.2. The molecule has 5 heterocycles. The molecule has 1 amide bonds. The highest BCUT2D eigenvalue weighted by atomic mass is 16.5. The number of piperidine rings is 1. The molecule has 6 rings (SSSR count). The maximum Gasteiger partial charge on any atom is 0.261 e. The summed E-state index contributed by atoms with van der Waals surface area (Å²) in [7, 11) is 0. The SMILES string of the molecule is O=C(c1c(N2CCOCC2)noc1-c1ccccc1)N1C[C@H]2CC[C@@H](C1)NC2. The molecule has 2 aromatic rings. The van der Waals surface area contributed by atoms with E-state index in [-0.39, 0.29) is 5.91 Å². The van der Waals surface area contributed by atoms with Gasteiger partial charge < -0.3 is 24.4 Å². The summed E-state index contributed by atoms with van der Waals surface area (Å²) in [5, 5.41) is 7.92. The Morgan fingerprint density at radius 1 is 1.11 bits per heavy atom. The number of ether oxygens (including phenoxy) is 1. The molecule has 2 atom stereocenters. The van der Waals surface area contributed by atoms with Gasteiger partial charge in [0.05, 0.1) is 13.2 Å². The van der Waals surface area contributed by atoms with Gasteiger partial charge in [-0.3, -0.25) is 4.79 Å². The molecule has 1 aromatic heterocycles. The standard InChI is InChI=1S/C21H26N4O3/c26-21(25-13-15-6-7-17(14-25)22-12-15)18-19(16-4-2-1-3-5-16)28-23-20(18)24-8-10-27-11-9-24/h1-5,15,17,22H,6-14H2/t15-,17-/m0/s1. The van der Waals surface area contributed by atoms with Crippen LogP contribution in [0.4, 0.5) is 5.82 Å². The highest BCUT2D eigenvalue weighted by Gasteiger charge is 2.36. The van der Waals surface area contributed by atoms with Crippen molar-refractivity contribution >= 4 is 11.7 Å². The fraction of sp³-hybridized carbons (Fsp3) is 0.524. The number of anilines is 1. The van der Waals surface area contributed by atoms with Crippen molar-refractivity contribution in [3.63, 3.8) is 0 Å². The lowest BCUT2D eigenvalue weighted by molar-refractivity contribution is 0.0748. The zero-order valence-corrected chi connectivity index (χ0v) is 16.0. The first-order valence-corrected chi connectivity index (χ1v) is 10.2. The fourth-order valence-electron chi connectivity index (χ4n) is 4.51. The van der Waals surface area contributed by atoms with Crippen molar-refractivity contribution in [1.82, 2.24) is 15.4 Å². The van der Waals surface area contributed by atoms with Gasteiger partial charge in [-0.05, 0) is 25.3 Å². The highest BCUT2D eigenvalue weighted by molar-refractivity contribution is 6.04. The van der Waals surface area contributed by atoms with Crippen molar-refractivity contribution in [2.24, 2.45) is 5.92 Å². The predicted octanol–water partition coefficient (Wildman–Crippen LogP) is 2.00. The van der Waals surface area contributed by atoms with Crippen LogP contribution < -0.4 is 10.2 Å². The Labute approximate surface area is 164 Å². The average Bonchev–Trinajstić information content (AvgIpc) is 2.97. The predicted molar refractivity (Wildman–Crippen MR) is 105 cm³/mol. The molecule has 148 valence electrons. The first-order chi connectivity index (χ1) is 13.8. The third kappa shape index (κ3) is 3.29. The maximum absolute atomic E-state index is 13.7. The maximum atomic E-state index is 13.7. The van der Waals surface area contributed by atoms with E-state index in [1.54, 1.807) is 0 Å². The molecule has 0 aliphatic carbocycles. The molecule has 1 N–H and O–H groups in total. The molecule has 7 nitrogen and oxygen atoms in total. The van der Waals surface area contributed by atoms with Crippen LogP contribution in [0.2, 0.25) is 0 Å². The van der Waals surface area contributed by atoms with Gasteiger partial charge in [-0.25, -0.2) is 0 Å². The van der Waals surface area contributed by atoms with Crippen molar-refractivity contribution in [1.29, 1.82) is 0 Å². The lowest BCUT2D eigenvalue weighted by atomic mass is 9.97. The van der Waals surface area contributed by atoms with Crippen LogP contribution in [0.3, 0.4) is 0 Å². The number of rotatable bonds is 3. The minimum absolute atomic E-state index is 0.0298. The quantitative estimate of drug-likeness (QED) is 0.876. The Morgan fingerprint density at radius 2 is 1.93 bits per heavy atom. The minimum Gasteiger partial charge on any atom is -0.378 e. The monoisotopic (exact) mass is 382 g/mol. The Hall–Kier alpha value is -2.38. The van der Waals surface area contributed by atoms with Crippen LogP contribution >= 0.6 is 0 Å². The van der Waals surface area contributed by atoms with Crippen LogP contribution in [0, 0.1) is 5.92 Å². The highest BCUT2D eigenvalue weighted by Crippen LogP contribution is 2.34. The number of morpholine rings is 1. The molecular weight excluding hydrogens is 356 g/mol. The Bertz CT molecular complexity index is 809. The second-order valence-corrected chi connectivity index (χ2v) is 7.93. The summed E-state index contributed by atoms with van der Waals surface area (Å²) < 4.78 is 11.2. The van der Waals surface area contributed by atoms with Crippen molar-refractivity contribution in [3.8, 4) is 11.3 Å². The molecule has 4 fully saturated rings. The lowest BCUT2D eigenvalue weighted by Gasteiger charge is -2.28. The van der Waals surface area contributed by atoms with Gasteiger partial charge in [-0.15, -0.1) is 0 Å². The number of nitrogens with zero attached hydrogens (tertiary/aromatic N) is 3. The molecule has 7 heteroatoms. The van der Waals surface area contributed by atoms with Crippen molar-refractivity contribution in [2.45, 2.75) is 18.9 Å². The summed E-state index contributed by atoms with van der Waals surface area (Å²) in [6.07, 6.45) is 2.33. The van der Waals surface area contributed by atoms with Gasteiger partial charge in [0.25, 0.3) is 5.91 Å². The molecule has 4 saturated heterocycles. The zero-order valence-electron chi connectivity index (χ0n) is 16.0. The number of nitrogens with one attached hydrogen (secondary N) is 1. The molecule has 1 aromatic carbocycles. The fourth-order valence-corrected chi connectivity index (χ4v) is 4.51. The van der Waals surface area contributed by atoms with Gasteiger partial charge in [0.1, 0.15) is 5.56 Å². The van der Waals surface area contributed by atoms with Crippen LogP contribution in [0.1, 0.15) is 23.2 Å². The van der Waals surface area contributed by atoms with Gasteiger partial charge >= 0.3 is 0 Å². The molecule has 4 aliphatic heterocycles. The number of benzene rings is 1. The molecule has 2 bridgehead atoms. The van der Waals surface area contributed by atoms with Crippen molar-refractivity contribution in [3.05, 3.63) is 35.9 Å². The molecule has 28 heavy (non-hydrogen) atoms. The van der Waals surface area contributed by atoms with Crippen LogP contribution in [0.25, 0.3) is 11.3 Å². The summed E-state index contributed by atoms with van der Waals surface area (Å²) >= 11 is 0. The van der Waals surface area contributed by atoms with E-state index in [2.05, 4.69) is 15.4 Å². The van der Waals surface area contributed by atoms with Crippen LogP contribution in [0.15, 0.2) is 34.9 Å². The average molecular weight is 382 g/mol. The van der Waals surface area contributed by atoms with E-state index in [1.807, 2.05) is 35.2 Å². The van der Waals surface area contributed by atoms with E-state index >= 15 is 0 Å². The normalized spacial score (nSPS) is 25.0. The second-order valence-electron chi connectivity index (χ2n) is 7.93. The van der Waals surface area contributed by atoms with Crippen LogP contribution in [0.5, 0.6) is 0 Å². The number of hydrogen-bond acceptors (Lipinski definition) is 6. The minimum atomic E-state index is 0.0298. The van der Waals surface area contributed by atoms with Gasteiger partial charge in [-0.2, -0.15) is 0 Å². The molecule has 0 spiro atoms. The topological polar surface area (TPSA) is 70.8 Å². The Balaban J connectivity index is 1.53. The summed E-state index contributed by atoms with van der Waals surface area (Å²) in [6.45, 7) is 5.25. The zero-order chi connectivity index (χ0) is 18.9. The number of carbonyl (C=O) groups excluding carboxylic acids is 1. The first kappa shape index (κ1) is 17.7. The summed E-state index contributed by atoms with van der Waals surface area (Å²) in [4.78, 5) is 17.8. The number of fused-ring (bicyclic) bond motifs is 4. The Morgan fingerprint density at radius 3 is 2.68 bits per heavy atom. The largest absolute Gasteiger partial charge is 0.378 e. The van der Waals surface area contributed by atoms with Crippen molar-refractivity contribution < 1.29 is 14.1 Å². The van der Waals surface area contributed by atoms with Gasteiger partial charge in [0.2, 0.25) is 0 Å². The van der Waals surface area contributed by atoms with E-state index < -0.39 is 0 Å². The molecular formula is C21H26N4O3. The lowest BCUT2D eigenvalue weighted by Crippen LogP contribution is -2.41. The third-order valence-electron chi connectivity index (χ3n) is 6.06. The van der Waals surface area contributed by atoms with Gasteiger partial charge in [0.15, 0.2) is 11.6 Å². The number of aromatic nitrogens is 1. The molecule has 0 unspecified atom stereocenters. The molecule has 0 saturated carbocycles.